The number of aryl methyl sites for hydroxylation is 1. The Bertz CT molecular complexity index is 1100. The monoisotopic (exact) mass is 404 g/mol. The highest BCUT2D eigenvalue weighted by atomic mass is 35.5. The molecule has 3 amide bonds. The quantitative estimate of drug-likeness (QED) is 0.644. The minimum absolute atomic E-state index is 0.182. The Morgan fingerprint density at radius 3 is 2.14 bits per heavy atom. The van der Waals surface area contributed by atoms with Gasteiger partial charge in [0.05, 0.1) is 28.3 Å². The van der Waals surface area contributed by atoms with Crippen LogP contribution >= 0.6 is 11.6 Å². The summed E-state index contributed by atoms with van der Waals surface area (Å²) in [5.41, 5.74) is 3.52. The van der Waals surface area contributed by atoms with Crippen molar-refractivity contribution in [2.75, 3.05) is 10.2 Å². The highest BCUT2D eigenvalue weighted by Crippen LogP contribution is 2.34. The molecule has 6 heteroatoms. The molecule has 0 unspecified atom stereocenters. The van der Waals surface area contributed by atoms with Gasteiger partial charge in [0.25, 0.3) is 11.8 Å². The summed E-state index contributed by atoms with van der Waals surface area (Å²) in [6, 6.07) is 19.1. The molecule has 0 atom stereocenters. The van der Waals surface area contributed by atoms with Crippen LogP contribution in [0.4, 0.5) is 11.4 Å². The molecule has 0 aliphatic carbocycles. The molecule has 0 saturated carbocycles. The van der Waals surface area contributed by atoms with Crippen LogP contribution in [0.3, 0.4) is 0 Å². The van der Waals surface area contributed by atoms with Gasteiger partial charge in [-0.3, -0.25) is 14.4 Å². The van der Waals surface area contributed by atoms with Gasteiger partial charge in [-0.1, -0.05) is 53.6 Å². The van der Waals surface area contributed by atoms with Crippen LogP contribution in [0.1, 0.15) is 31.8 Å². The van der Waals surface area contributed by atoms with Gasteiger partial charge in [0.15, 0.2) is 0 Å². The number of nitrogens with zero attached hydrogens (tertiary/aromatic N) is 1. The van der Waals surface area contributed by atoms with E-state index in [4.69, 9.17) is 11.6 Å². The predicted octanol–water partition coefficient (Wildman–Crippen LogP) is 4.63. The second-order valence-corrected chi connectivity index (χ2v) is 7.28. The third-order valence-electron chi connectivity index (χ3n) is 4.75. The first kappa shape index (κ1) is 18.9. The molecule has 4 rings (SSSR count). The predicted molar refractivity (Wildman–Crippen MR) is 113 cm³/mol. The van der Waals surface area contributed by atoms with E-state index >= 15 is 0 Å². The maximum absolute atomic E-state index is 12.6. The van der Waals surface area contributed by atoms with Gasteiger partial charge in [0, 0.05) is 5.69 Å². The van der Waals surface area contributed by atoms with Crippen LogP contribution in [0, 0.1) is 6.92 Å². The number of halogens is 1. The largest absolute Gasteiger partial charge is 0.326 e. The first-order chi connectivity index (χ1) is 13.9. The fraction of sp³-hybridized carbons (Fsp3) is 0.0870. The maximum atomic E-state index is 12.6. The molecular formula is C23H17ClN2O3. The lowest BCUT2D eigenvalue weighted by molar-refractivity contribution is -0.115. The van der Waals surface area contributed by atoms with Gasteiger partial charge in [0.2, 0.25) is 5.91 Å². The summed E-state index contributed by atoms with van der Waals surface area (Å²) in [6.07, 6.45) is 0.234. The van der Waals surface area contributed by atoms with Gasteiger partial charge in [0.1, 0.15) is 0 Å². The Morgan fingerprint density at radius 1 is 0.931 bits per heavy atom. The molecule has 1 N–H and O–H groups in total. The van der Waals surface area contributed by atoms with Crippen molar-refractivity contribution in [3.05, 3.63) is 94.0 Å². The van der Waals surface area contributed by atoms with Gasteiger partial charge >= 0.3 is 0 Å². The summed E-state index contributed by atoms with van der Waals surface area (Å²) < 4.78 is 0. The SMILES string of the molecule is Cc1ccc(CC(=O)Nc2ccc(N3C(=O)c4ccccc4C3=O)c(Cl)c2)cc1. The van der Waals surface area contributed by atoms with E-state index in [1.54, 1.807) is 36.4 Å². The summed E-state index contributed by atoms with van der Waals surface area (Å²) in [5.74, 6) is -1.01. The number of amides is 3. The van der Waals surface area contributed by atoms with Crippen molar-refractivity contribution >= 4 is 40.7 Å². The van der Waals surface area contributed by atoms with Crippen molar-refractivity contribution in [3.8, 4) is 0 Å². The van der Waals surface area contributed by atoms with Crippen LogP contribution in [0.15, 0.2) is 66.7 Å². The Labute approximate surface area is 172 Å². The van der Waals surface area contributed by atoms with Crippen molar-refractivity contribution < 1.29 is 14.4 Å². The molecule has 0 radical (unpaired) electrons. The Kier molecular flexibility index (Phi) is 4.91. The van der Waals surface area contributed by atoms with E-state index < -0.39 is 11.8 Å². The van der Waals surface area contributed by atoms with Crippen molar-refractivity contribution in [2.45, 2.75) is 13.3 Å². The molecule has 3 aromatic rings. The maximum Gasteiger partial charge on any atom is 0.266 e. The Balaban J connectivity index is 1.51. The number of carbonyl (C=O) groups is 3. The molecule has 1 heterocycles. The second-order valence-electron chi connectivity index (χ2n) is 6.87. The molecular weight excluding hydrogens is 388 g/mol. The lowest BCUT2D eigenvalue weighted by Gasteiger charge is -2.16. The van der Waals surface area contributed by atoms with Gasteiger partial charge < -0.3 is 5.32 Å². The number of imide groups is 1. The normalized spacial score (nSPS) is 12.8. The standard InChI is InChI=1S/C23H17ClN2O3/c1-14-6-8-15(9-7-14)12-21(27)25-16-10-11-20(19(24)13-16)26-22(28)17-4-2-3-5-18(17)23(26)29/h2-11,13H,12H2,1H3,(H,25,27). The van der Waals surface area contributed by atoms with Crippen LogP contribution in [0.2, 0.25) is 5.02 Å². The fourth-order valence-corrected chi connectivity index (χ4v) is 3.54. The number of benzene rings is 3. The van der Waals surface area contributed by atoms with E-state index in [-0.39, 0.29) is 23.0 Å². The average Bonchev–Trinajstić information content (AvgIpc) is 2.95. The first-order valence-electron chi connectivity index (χ1n) is 9.07. The van der Waals surface area contributed by atoms with Gasteiger partial charge in [-0.05, 0) is 42.8 Å². The molecule has 0 spiro atoms. The van der Waals surface area contributed by atoms with Crippen LogP contribution < -0.4 is 10.2 Å². The average molecular weight is 405 g/mol. The Hall–Kier alpha value is -3.44. The number of carbonyl (C=O) groups excluding carboxylic acids is 3. The molecule has 0 saturated heterocycles. The Morgan fingerprint density at radius 2 is 1.55 bits per heavy atom. The van der Waals surface area contributed by atoms with Crippen molar-refractivity contribution in [1.82, 2.24) is 0 Å². The number of anilines is 2. The third kappa shape index (κ3) is 3.65. The molecule has 29 heavy (non-hydrogen) atoms. The van der Waals surface area contributed by atoms with E-state index in [1.165, 1.54) is 6.07 Å². The zero-order chi connectivity index (χ0) is 20.5. The zero-order valence-electron chi connectivity index (χ0n) is 15.6. The fourth-order valence-electron chi connectivity index (χ4n) is 3.27. The number of hydrogen-bond donors (Lipinski definition) is 1. The van der Waals surface area contributed by atoms with Crippen molar-refractivity contribution in [1.29, 1.82) is 0 Å². The van der Waals surface area contributed by atoms with E-state index in [0.717, 1.165) is 16.0 Å². The van der Waals surface area contributed by atoms with Gasteiger partial charge in [-0.15, -0.1) is 0 Å². The minimum Gasteiger partial charge on any atom is -0.326 e. The molecule has 3 aromatic carbocycles. The second kappa shape index (κ2) is 7.53. The lowest BCUT2D eigenvalue weighted by atomic mass is 10.1. The number of fused-ring (bicyclic) bond motifs is 1. The summed E-state index contributed by atoms with van der Waals surface area (Å²) in [7, 11) is 0. The molecule has 1 aliphatic rings. The van der Waals surface area contributed by atoms with E-state index in [2.05, 4.69) is 5.32 Å². The van der Waals surface area contributed by atoms with Crippen LogP contribution in [-0.4, -0.2) is 17.7 Å². The van der Waals surface area contributed by atoms with E-state index in [1.807, 2.05) is 31.2 Å². The molecule has 0 fully saturated rings. The minimum atomic E-state index is -0.413. The number of hydrogen-bond acceptors (Lipinski definition) is 3. The molecule has 5 nitrogen and oxygen atoms in total. The van der Waals surface area contributed by atoms with Crippen LogP contribution in [-0.2, 0) is 11.2 Å². The van der Waals surface area contributed by atoms with Crippen molar-refractivity contribution in [3.63, 3.8) is 0 Å². The summed E-state index contributed by atoms with van der Waals surface area (Å²) in [4.78, 5) is 38.6. The van der Waals surface area contributed by atoms with Crippen molar-refractivity contribution in [2.24, 2.45) is 0 Å². The van der Waals surface area contributed by atoms with E-state index in [0.29, 0.717) is 16.8 Å². The highest BCUT2D eigenvalue weighted by Gasteiger charge is 2.37. The van der Waals surface area contributed by atoms with E-state index in [9.17, 15) is 14.4 Å². The molecule has 0 aromatic heterocycles. The third-order valence-corrected chi connectivity index (χ3v) is 5.05. The molecule has 1 aliphatic heterocycles. The summed E-state index contributed by atoms with van der Waals surface area (Å²) >= 11 is 6.35. The number of rotatable bonds is 4. The highest BCUT2D eigenvalue weighted by molar-refractivity contribution is 6.40. The van der Waals surface area contributed by atoms with Crippen LogP contribution in [0.5, 0.6) is 0 Å². The zero-order valence-corrected chi connectivity index (χ0v) is 16.4. The molecule has 0 bridgehead atoms. The van der Waals surface area contributed by atoms with Crippen LogP contribution in [0.25, 0.3) is 0 Å². The number of nitrogens with one attached hydrogen (secondary N) is 1. The van der Waals surface area contributed by atoms with Gasteiger partial charge in [-0.2, -0.15) is 0 Å². The molecule has 144 valence electrons. The topological polar surface area (TPSA) is 66.5 Å². The summed E-state index contributed by atoms with van der Waals surface area (Å²) in [5, 5.41) is 2.99. The lowest BCUT2D eigenvalue weighted by Crippen LogP contribution is -2.29. The first-order valence-corrected chi connectivity index (χ1v) is 9.44. The van der Waals surface area contributed by atoms with Gasteiger partial charge in [-0.25, -0.2) is 4.90 Å². The smallest absolute Gasteiger partial charge is 0.266 e. The summed E-state index contributed by atoms with van der Waals surface area (Å²) in [6.45, 7) is 1.99.